The first-order valence-electron chi connectivity index (χ1n) is 6.64. The summed E-state index contributed by atoms with van der Waals surface area (Å²) in [5, 5.41) is 12.5. The molecule has 1 fully saturated rings. The third-order valence-electron chi connectivity index (χ3n) is 3.83. The third-order valence-corrected chi connectivity index (χ3v) is 3.83. The summed E-state index contributed by atoms with van der Waals surface area (Å²) in [4.78, 5) is 2.36. The number of nitriles is 1. The highest BCUT2D eigenvalue weighted by atomic mass is 15.2. The number of benzene rings is 1. The monoisotopic (exact) mass is 243 g/mol. The van der Waals surface area contributed by atoms with E-state index in [-0.39, 0.29) is 0 Å². The van der Waals surface area contributed by atoms with E-state index in [1.165, 1.54) is 18.4 Å². The Balaban J connectivity index is 2.00. The first kappa shape index (κ1) is 13.1. The molecule has 3 nitrogen and oxygen atoms in total. The molecule has 1 aromatic rings. The highest BCUT2D eigenvalue weighted by molar-refractivity contribution is 5.34. The van der Waals surface area contributed by atoms with E-state index in [9.17, 15) is 0 Å². The van der Waals surface area contributed by atoms with Crippen LogP contribution in [0.4, 0.5) is 0 Å². The molecule has 0 saturated carbocycles. The molecule has 1 heterocycles. The number of rotatable bonds is 4. The molecule has 3 heteroatoms. The van der Waals surface area contributed by atoms with Crippen molar-refractivity contribution in [3.63, 3.8) is 0 Å². The highest BCUT2D eigenvalue weighted by Crippen LogP contribution is 2.20. The average molecular weight is 243 g/mol. The summed E-state index contributed by atoms with van der Waals surface area (Å²) in [7, 11) is 2.16. The zero-order valence-corrected chi connectivity index (χ0v) is 11.2. The predicted octanol–water partition coefficient (Wildman–Crippen LogP) is 2.30. The van der Waals surface area contributed by atoms with Crippen LogP contribution in [0.1, 0.15) is 36.9 Å². The van der Waals surface area contributed by atoms with E-state index in [2.05, 4.69) is 36.3 Å². The fourth-order valence-corrected chi connectivity index (χ4v) is 2.54. The summed E-state index contributed by atoms with van der Waals surface area (Å²) in [6, 6.07) is 11.1. The molecule has 0 aromatic heterocycles. The van der Waals surface area contributed by atoms with Crippen LogP contribution in [0.15, 0.2) is 24.3 Å². The van der Waals surface area contributed by atoms with Crippen molar-refractivity contribution in [3.05, 3.63) is 35.4 Å². The van der Waals surface area contributed by atoms with E-state index in [0.717, 1.165) is 18.7 Å². The van der Waals surface area contributed by atoms with Crippen LogP contribution in [0.2, 0.25) is 0 Å². The van der Waals surface area contributed by atoms with Gasteiger partial charge >= 0.3 is 0 Å². The van der Waals surface area contributed by atoms with Crippen molar-refractivity contribution in [3.8, 4) is 6.07 Å². The van der Waals surface area contributed by atoms with E-state index >= 15 is 0 Å². The van der Waals surface area contributed by atoms with Crippen LogP contribution in [0.5, 0.6) is 0 Å². The van der Waals surface area contributed by atoms with Crippen LogP contribution in [0, 0.1) is 11.3 Å². The van der Waals surface area contributed by atoms with E-state index in [0.29, 0.717) is 12.1 Å². The standard InChI is InChI=1S/C15H21N3/c1-12(14-6-3-5-13(9-14)10-16)18(2)11-15-7-4-8-17-15/h3,5-6,9,12,15,17H,4,7-8,11H2,1-2H3. The maximum absolute atomic E-state index is 8.94. The molecule has 2 rings (SSSR count). The molecule has 0 radical (unpaired) electrons. The molecular formula is C15H21N3. The summed E-state index contributed by atoms with van der Waals surface area (Å²) in [6.45, 7) is 4.42. The molecule has 96 valence electrons. The maximum atomic E-state index is 8.94. The van der Waals surface area contributed by atoms with Crippen LogP contribution in [0.25, 0.3) is 0 Å². The Hall–Kier alpha value is -1.37. The molecule has 0 bridgehead atoms. The minimum absolute atomic E-state index is 0.348. The zero-order valence-electron chi connectivity index (χ0n) is 11.2. The first-order chi connectivity index (χ1) is 8.70. The van der Waals surface area contributed by atoms with E-state index in [1.807, 2.05) is 18.2 Å². The van der Waals surface area contributed by atoms with Crippen LogP contribution >= 0.6 is 0 Å². The summed E-state index contributed by atoms with van der Waals surface area (Å²) in [5.41, 5.74) is 1.96. The Morgan fingerprint density at radius 2 is 2.39 bits per heavy atom. The molecule has 1 N–H and O–H groups in total. The SMILES string of the molecule is CC(c1cccc(C#N)c1)N(C)CC1CCCN1. The van der Waals surface area contributed by atoms with Crippen LogP contribution in [0.3, 0.4) is 0 Å². The third kappa shape index (κ3) is 3.10. The minimum Gasteiger partial charge on any atom is -0.313 e. The van der Waals surface area contributed by atoms with Gasteiger partial charge in [-0.25, -0.2) is 0 Å². The molecule has 0 aliphatic carbocycles. The molecule has 2 atom stereocenters. The van der Waals surface area contributed by atoms with Gasteiger partial charge in [0.25, 0.3) is 0 Å². The minimum atomic E-state index is 0.348. The van der Waals surface area contributed by atoms with Gasteiger partial charge in [0.2, 0.25) is 0 Å². The Bertz CT molecular complexity index is 430. The highest BCUT2D eigenvalue weighted by Gasteiger charge is 2.19. The molecule has 0 spiro atoms. The normalized spacial score (nSPS) is 20.9. The molecule has 1 aromatic carbocycles. The topological polar surface area (TPSA) is 39.1 Å². The van der Waals surface area contributed by atoms with E-state index < -0.39 is 0 Å². The van der Waals surface area contributed by atoms with Gasteiger partial charge in [0.1, 0.15) is 0 Å². The average Bonchev–Trinajstić information content (AvgIpc) is 2.90. The Morgan fingerprint density at radius 3 is 3.06 bits per heavy atom. The fourth-order valence-electron chi connectivity index (χ4n) is 2.54. The van der Waals surface area contributed by atoms with Gasteiger partial charge in [0, 0.05) is 18.6 Å². The molecule has 1 aliphatic heterocycles. The van der Waals surface area contributed by atoms with Crippen molar-refractivity contribution in [2.24, 2.45) is 0 Å². The zero-order chi connectivity index (χ0) is 13.0. The summed E-state index contributed by atoms with van der Waals surface area (Å²) < 4.78 is 0. The maximum Gasteiger partial charge on any atom is 0.0991 e. The van der Waals surface area contributed by atoms with Crippen molar-refractivity contribution < 1.29 is 0 Å². The molecule has 2 unspecified atom stereocenters. The second-order valence-corrected chi connectivity index (χ2v) is 5.15. The van der Waals surface area contributed by atoms with Gasteiger partial charge in [-0.3, -0.25) is 4.90 Å². The molecule has 0 amide bonds. The molecule has 1 saturated heterocycles. The quantitative estimate of drug-likeness (QED) is 0.882. The fraction of sp³-hybridized carbons (Fsp3) is 0.533. The number of likely N-dealkylation sites (N-methyl/N-ethyl adjacent to an activating group) is 1. The van der Waals surface area contributed by atoms with Crippen molar-refractivity contribution >= 4 is 0 Å². The number of hydrogen-bond donors (Lipinski definition) is 1. The van der Waals surface area contributed by atoms with Crippen LogP contribution in [-0.4, -0.2) is 31.1 Å². The lowest BCUT2D eigenvalue weighted by molar-refractivity contribution is 0.238. The van der Waals surface area contributed by atoms with Crippen LogP contribution in [-0.2, 0) is 0 Å². The second-order valence-electron chi connectivity index (χ2n) is 5.15. The smallest absolute Gasteiger partial charge is 0.0991 e. The lowest BCUT2D eigenvalue weighted by Gasteiger charge is -2.28. The van der Waals surface area contributed by atoms with Gasteiger partial charge in [0.05, 0.1) is 11.6 Å². The number of nitrogens with one attached hydrogen (secondary N) is 1. The van der Waals surface area contributed by atoms with Gasteiger partial charge in [-0.2, -0.15) is 5.26 Å². The van der Waals surface area contributed by atoms with E-state index in [4.69, 9.17) is 5.26 Å². The first-order valence-corrected chi connectivity index (χ1v) is 6.64. The van der Waals surface area contributed by atoms with Crippen molar-refractivity contribution in [2.45, 2.75) is 31.8 Å². The molecule has 1 aliphatic rings. The Kier molecular flexibility index (Phi) is 4.35. The number of nitrogens with zero attached hydrogens (tertiary/aromatic N) is 2. The molecular weight excluding hydrogens is 222 g/mol. The van der Waals surface area contributed by atoms with Crippen molar-refractivity contribution in [1.82, 2.24) is 10.2 Å². The summed E-state index contributed by atoms with van der Waals surface area (Å²) in [6.07, 6.45) is 2.56. The van der Waals surface area contributed by atoms with Gasteiger partial charge in [-0.05, 0) is 51.1 Å². The largest absolute Gasteiger partial charge is 0.313 e. The second kappa shape index (κ2) is 5.99. The lowest BCUT2D eigenvalue weighted by Crippen LogP contribution is -2.36. The van der Waals surface area contributed by atoms with Gasteiger partial charge in [0.15, 0.2) is 0 Å². The Morgan fingerprint density at radius 1 is 1.56 bits per heavy atom. The van der Waals surface area contributed by atoms with Crippen molar-refractivity contribution in [1.29, 1.82) is 5.26 Å². The van der Waals surface area contributed by atoms with E-state index in [1.54, 1.807) is 0 Å². The lowest BCUT2D eigenvalue weighted by atomic mass is 10.0. The number of hydrogen-bond acceptors (Lipinski definition) is 3. The Labute approximate surface area is 109 Å². The predicted molar refractivity (Wildman–Crippen MR) is 73.2 cm³/mol. The summed E-state index contributed by atoms with van der Waals surface area (Å²) >= 11 is 0. The summed E-state index contributed by atoms with van der Waals surface area (Å²) in [5.74, 6) is 0. The van der Waals surface area contributed by atoms with Gasteiger partial charge in [-0.15, -0.1) is 0 Å². The van der Waals surface area contributed by atoms with Gasteiger partial charge < -0.3 is 5.32 Å². The van der Waals surface area contributed by atoms with Crippen LogP contribution < -0.4 is 5.32 Å². The molecule has 18 heavy (non-hydrogen) atoms. The van der Waals surface area contributed by atoms with Crippen molar-refractivity contribution in [2.75, 3.05) is 20.1 Å². The van der Waals surface area contributed by atoms with Gasteiger partial charge in [-0.1, -0.05) is 12.1 Å².